The van der Waals surface area contributed by atoms with Gasteiger partial charge in [-0.3, -0.25) is 0 Å². The van der Waals surface area contributed by atoms with Crippen molar-refractivity contribution < 1.29 is 0 Å². The van der Waals surface area contributed by atoms with Crippen LogP contribution in [0.4, 0.5) is 17.1 Å². The lowest BCUT2D eigenvalue weighted by Gasteiger charge is -2.32. The maximum absolute atomic E-state index is 2.49. The highest BCUT2D eigenvalue weighted by molar-refractivity contribution is 7.25. The van der Waals surface area contributed by atoms with Gasteiger partial charge in [-0.15, -0.1) is 11.3 Å². The first-order valence-corrected chi connectivity index (χ1v) is 22.9. The van der Waals surface area contributed by atoms with Gasteiger partial charge in [-0.25, -0.2) is 0 Å². The topological polar surface area (TPSA) is 8.17 Å². The van der Waals surface area contributed by atoms with Gasteiger partial charge >= 0.3 is 0 Å². The van der Waals surface area contributed by atoms with Crippen LogP contribution in [0.25, 0.3) is 81.0 Å². The van der Waals surface area contributed by atoms with Crippen molar-refractivity contribution in [3.63, 3.8) is 0 Å². The second kappa shape index (κ2) is 13.5. The molecular weight excluding hydrogens is 793 g/mol. The number of aromatic nitrogens is 1. The van der Waals surface area contributed by atoms with Crippen molar-refractivity contribution in [3.05, 3.63) is 253 Å². The van der Waals surface area contributed by atoms with Gasteiger partial charge in [-0.1, -0.05) is 158 Å². The molecule has 2 aliphatic rings. The van der Waals surface area contributed by atoms with Crippen molar-refractivity contribution in [2.24, 2.45) is 0 Å². The molecule has 1 spiro atoms. The molecule has 10 aromatic carbocycles. The Kier molecular flexibility index (Phi) is 7.51. The van der Waals surface area contributed by atoms with Crippen molar-refractivity contribution in [2.45, 2.75) is 5.41 Å². The van der Waals surface area contributed by atoms with Gasteiger partial charge in [0.25, 0.3) is 0 Å². The molecule has 0 saturated heterocycles. The molecule has 2 nitrogen and oxygen atoms in total. The summed E-state index contributed by atoms with van der Waals surface area (Å²) in [7, 11) is 0. The van der Waals surface area contributed by atoms with Gasteiger partial charge < -0.3 is 9.47 Å². The number of para-hydroxylation sites is 2. The summed E-state index contributed by atoms with van der Waals surface area (Å²) >= 11 is 1.86. The highest BCUT2D eigenvalue weighted by Crippen LogP contribution is 2.63. The Balaban J connectivity index is 0.924. The number of nitrogens with zero attached hydrogens (tertiary/aromatic N) is 2. The fraction of sp³-hybridized carbons (Fsp3) is 0.0164. The van der Waals surface area contributed by atoms with Crippen LogP contribution >= 0.6 is 11.3 Å². The second-order valence-corrected chi connectivity index (χ2v) is 18.3. The van der Waals surface area contributed by atoms with E-state index in [0.29, 0.717) is 0 Å². The molecule has 2 aromatic heterocycles. The number of hydrogen-bond donors (Lipinski definition) is 0. The standard InChI is InChI=1S/C61H38N2S/c1-7-19-53-45(13-1)46-14-2-8-20-54(46)61(53)55-21-9-3-15-47(55)48-35-33-44(38-56(48)61)62(43-34-36-60-52(37-43)51-18-6-12-24-59(51)64-60)41-29-25-39(26-30-41)40-27-31-42(32-28-40)63-57-22-10-4-16-49(57)50-17-5-11-23-58(50)63/h1-38H. The molecule has 0 unspecified atom stereocenters. The number of hydrogen-bond acceptors (Lipinski definition) is 2. The van der Waals surface area contributed by atoms with Crippen LogP contribution in [-0.2, 0) is 5.41 Å². The Morgan fingerprint density at radius 1 is 0.328 bits per heavy atom. The SMILES string of the molecule is c1ccc2c(c1)-c1ccccc1C21c2ccccc2-c2ccc(N(c3ccc(-c4ccc(-n5c6ccccc6c6ccccc65)cc4)cc3)c3ccc4sc5ccccc5c4c3)cc21. The van der Waals surface area contributed by atoms with E-state index in [0.717, 1.165) is 22.7 Å². The lowest BCUT2D eigenvalue weighted by Crippen LogP contribution is -2.26. The molecular formula is C61H38N2S. The molecule has 14 rings (SSSR count). The summed E-state index contributed by atoms with van der Waals surface area (Å²) in [4.78, 5) is 2.46. The third-order valence-electron chi connectivity index (χ3n) is 14.0. The summed E-state index contributed by atoms with van der Waals surface area (Å²) in [6, 6.07) is 85.8. The van der Waals surface area contributed by atoms with Crippen LogP contribution in [-0.4, -0.2) is 4.57 Å². The normalized spacial score (nSPS) is 13.1. The zero-order valence-electron chi connectivity index (χ0n) is 34.7. The zero-order chi connectivity index (χ0) is 41.9. The minimum Gasteiger partial charge on any atom is -0.310 e. The molecule has 0 bridgehead atoms. The molecule has 298 valence electrons. The largest absolute Gasteiger partial charge is 0.310 e. The molecule has 3 heteroatoms. The first kappa shape index (κ1) is 35.6. The average Bonchev–Trinajstić information content (AvgIpc) is 4.08. The highest BCUT2D eigenvalue weighted by atomic mass is 32.1. The van der Waals surface area contributed by atoms with E-state index < -0.39 is 5.41 Å². The van der Waals surface area contributed by atoms with Crippen molar-refractivity contribution >= 4 is 70.4 Å². The summed E-state index contributed by atoms with van der Waals surface area (Å²) in [5, 5.41) is 5.13. The predicted octanol–water partition coefficient (Wildman–Crippen LogP) is 16.6. The molecule has 0 radical (unpaired) electrons. The Hall–Kier alpha value is -7.98. The number of anilines is 3. The Morgan fingerprint density at radius 3 is 1.41 bits per heavy atom. The van der Waals surface area contributed by atoms with Crippen LogP contribution in [0.5, 0.6) is 0 Å². The van der Waals surface area contributed by atoms with E-state index in [1.54, 1.807) is 0 Å². The van der Waals surface area contributed by atoms with E-state index in [4.69, 9.17) is 0 Å². The van der Waals surface area contributed by atoms with Gasteiger partial charge in [0.1, 0.15) is 0 Å². The van der Waals surface area contributed by atoms with Crippen LogP contribution in [0.2, 0.25) is 0 Å². The molecule has 0 atom stereocenters. The Labute approximate surface area is 375 Å². The van der Waals surface area contributed by atoms with E-state index in [9.17, 15) is 0 Å². The summed E-state index contributed by atoms with van der Waals surface area (Å²) in [6.45, 7) is 0. The molecule has 0 aliphatic heterocycles. The van der Waals surface area contributed by atoms with Crippen LogP contribution in [0.3, 0.4) is 0 Å². The third kappa shape index (κ3) is 4.90. The lowest BCUT2D eigenvalue weighted by atomic mass is 9.70. The van der Waals surface area contributed by atoms with Crippen molar-refractivity contribution in [1.82, 2.24) is 4.57 Å². The Bertz CT molecular complexity index is 3730. The monoisotopic (exact) mass is 830 g/mol. The van der Waals surface area contributed by atoms with E-state index in [-0.39, 0.29) is 0 Å². The van der Waals surface area contributed by atoms with Gasteiger partial charge in [0.15, 0.2) is 0 Å². The molecule has 2 aliphatic carbocycles. The van der Waals surface area contributed by atoms with Gasteiger partial charge in [-0.05, 0) is 128 Å². The maximum atomic E-state index is 2.49. The minimum absolute atomic E-state index is 0.427. The molecule has 2 heterocycles. The van der Waals surface area contributed by atoms with E-state index >= 15 is 0 Å². The summed E-state index contributed by atoms with van der Waals surface area (Å²) in [5.74, 6) is 0. The Morgan fingerprint density at radius 2 is 0.781 bits per heavy atom. The van der Waals surface area contributed by atoms with E-state index in [1.165, 1.54) is 97.6 Å². The zero-order valence-corrected chi connectivity index (χ0v) is 35.6. The van der Waals surface area contributed by atoms with Crippen LogP contribution in [0.1, 0.15) is 22.3 Å². The van der Waals surface area contributed by atoms with Crippen LogP contribution in [0, 0.1) is 0 Å². The lowest BCUT2D eigenvalue weighted by molar-refractivity contribution is 0.793. The number of rotatable bonds is 5. The van der Waals surface area contributed by atoms with Gasteiger partial charge in [0.05, 0.1) is 16.4 Å². The molecule has 0 saturated carbocycles. The quantitative estimate of drug-likeness (QED) is 0.168. The summed E-state index contributed by atoms with van der Waals surface area (Å²) in [6.07, 6.45) is 0. The van der Waals surface area contributed by atoms with Crippen molar-refractivity contribution in [1.29, 1.82) is 0 Å². The molecule has 12 aromatic rings. The molecule has 0 N–H and O–H groups in total. The maximum Gasteiger partial charge on any atom is 0.0726 e. The summed E-state index contributed by atoms with van der Waals surface area (Å²) < 4.78 is 4.99. The van der Waals surface area contributed by atoms with E-state index in [2.05, 4.69) is 240 Å². The summed E-state index contributed by atoms with van der Waals surface area (Å²) in [5.41, 5.74) is 19.5. The van der Waals surface area contributed by atoms with Crippen LogP contribution in [0.15, 0.2) is 231 Å². The third-order valence-corrected chi connectivity index (χ3v) is 15.2. The number of benzene rings is 10. The van der Waals surface area contributed by atoms with Gasteiger partial charge in [0.2, 0.25) is 0 Å². The minimum atomic E-state index is -0.427. The predicted molar refractivity (Wildman–Crippen MR) is 270 cm³/mol. The number of thiophene rings is 1. The number of fused-ring (bicyclic) bond motifs is 16. The van der Waals surface area contributed by atoms with Crippen molar-refractivity contribution in [2.75, 3.05) is 4.90 Å². The van der Waals surface area contributed by atoms with Gasteiger partial charge in [0, 0.05) is 53.7 Å². The van der Waals surface area contributed by atoms with E-state index in [1.807, 2.05) is 11.3 Å². The van der Waals surface area contributed by atoms with Gasteiger partial charge in [-0.2, -0.15) is 0 Å². The molecule has 0 fully saturated rings. The fourth-order valence-corrected chi connectivity index (χ4v) is 12.4. The average molecular weight is 831 g/mol. The first-order chi connectivity index (χ1) is 31.7. The second-order valence-electron chi connectivity index (χ2n) is 17.2. The first-order valence-electron chi connectivity index (χ1n) is 22.1. The highest BCUT2D eigenvalue weighted by Gasteiger charge is 2.51. The fourth-order valence-electron chi connectivity index (χ4n) is 11.3. The van der Waals surface area contributed by atoms with Crippen LogP contribution < -0.4 is 4.90 Å². The van der Waals surface area contributed by atoms with Crippen molar-refractivity contribution in [3.8, 4) is 39.1 Å². The molecule has 0 amide bonds. The molecule has 64 heavy (non-hydrogen) atoms. The smallest absolute Gasteiger partial charge is 0.0726 e.